The van der Waals surface area contributed by atoms with Crippen molar-refractivity contribution in [1.29, 1.82) is 0 Å². The molecule has 31 heavy (non-hydrogen) atoms. The predicted molar refractivity (Wildman–Crippen MR) is 115 cm³/mol. The summed E-state index contributed by atoms with van der Waals surface area (Å²) in [6.07, 6.45) is 2.72. The third kappa shape index (κ3) is 4.88. The van der Waals surface area contributed by atoms with Crippen LogP contribution in [-0.2, 0) is 22.9 Å². The zero-order valence-electron chi connectivity index (χ0n) is 17.0. The average Bonchev–Trinajstić information content (AvgIpc) is 3.08. The quantitative estimate of drug-likeness (QED) is 0.745. The van der Waals surface area contributed by atoms with Crippen LogP contribution in [0.1, 0.15) is 47.2 Å². The second-order valence-electron chi connectivity index (χ2n) is 8.22. The summed E-state index contributed by atoms with van der Waals surface area (Å²) < 4.78 is 51.0. The number of aryl methyl sites for hydroxylation is 2. The number of halogens is 2. The van der Waals surface area contributed by atoms with Crippen molar-refractivity contribution in [3.8, 4) is 0 Å². The number of nitrogens with two attached hydrogens (primary N) is 1. The number of hydrogen-bond acceptors (Lipinski definition) is 4. The molecule has 0 aromatic heterocycles. The van der Waals surface area contributed by atoms with Crippen molar-refractivity contribution in [3.63, 3.8) is 0 Å². The van der Waals surface area contributed by atoms with Crippen molar-refractivity contribution in [2.75, 3.05) is 23.3 Å². The number of alkyl halides is 2. The molecule has 2 aromatic carbocycles. The van der Waals surface area contributed by atoms with Gasteiger partial charge in [-0.1, -0.05) is 6.07 Å². The molecule has 2 aliphatic rings. The monoisotopic (exact) mass is 449 g/mol. The van der Waals surface area contributed by atoms with E-state index < -0.39 is 21.9 Å². The summed E-state index contributed by atoms with van der Waals surface area (Å²) >= 11 is 0. The van der Waals surface area contributed by atoms with Crippen LogP contribution in [0.3, 0.4) is 0 Å². The fourth-order valence-electron chi connectivity index (χ4n) is 4.31. The van der Waals surface area contributed by atoms with Gasteiger partial charge in [-0.25, -0.2) is 22.3 Å². The van der Waals surface area contributed by atoms with Gasteiger partial charge in [-0.05, 0) is 67.1 Å². The van der Waals surface area contributed by atoms with Crippen molar-refractivity contribution in [2.45, 2.75) is 49.3 Å². The first-order valence-corrected chi connectivity index (χ1v) is 11.9. The Kier molecular flexibility index (Phi) is 5.74. The lowest BCUT2D eigenvalue weighted by Crippen LogP contribution is -2.28. The van der Waals surface area contributed by atoms with Crippen molar-refractivity contribution >= 4 is 27.3 Å². The fraction of sp³-hybridized carbons (Fsp3) is 0.409. The van der Waals surface area contributed by atoms with Crippen LogP contribution in [-0.4, -0.2) is 33.3 Å². The number of carbonyl (C=O) groups excluding carboxylic acids is 1. The Morgan fingerprint density at radius 1 is 1.03 bits per heavy atom. The van der Waals surface area contributed by atoms with Gasteiger partial charge < -0.3 is 10.2 Å². The zero-order valence-corrected chi connectivity index (χ0v) is 17.9. The standard InChI is InChI=1S/C22H25F2N3O3S/c23-22(24)8-3-10-27(11-9-22)20-13-16-5-1-4-15(16)12-19(20)21(28)26-17-6-2-7-18(14-17)31(25,29)30/h2,6-7,12-14H,1,3-5,8-11H2,(H,26,28)(H2,25,29,30). The molecule has 1 fully saturated rings. The lowest BCUT2D eigenvalue weighted by molar-refractivity contribution is -0.0102. The van der Waals surface area contributed by atoms with E-state index >= 15 is 0 Å². The van der Waals surface area contributed by atoms with E-state index in [1.807, 2.05) is 17.0 Å². The Hall–Kier alpha value is -2.52. The first kappa shape index (κ1) is 21.7. The molecule has 1 heterocycles. The molecular formula is C22H25F2N3O3S. The molecule has 1 amide bonds. The lowest BCUT2D eigenvalue weighted by atomic mass is 10.0. The highest BCUT2D eigenvalue weighted by atomic mass is 32.2. The third-order valence-corrected chi connectivity index (χ3v) is 6.84. The summed E-state index contributed by atoms with van der Waals surface area (Å²) in [5.41, 5.74) is 3.60. The minimum Gasteiger partial charge on any atom is -0.371 e. The molecule has 3 N–H and O–H groups in total. The smallest absolute Gasteiger partial charge is 0.257 e. The Bertz CT molecular complexity index is 1120. The van der Waals surface area contributed by atoms with Crippen LogP contribution in [0.4, 0.5) is 20.2 Å². The van der Waals surface area contributed by atoms with Gasteiger partial charge in [0.1, 0.15) is 0 Å². The number of amides is 1. The van der Waals surface area contributed by atoms with Gasteiger partial charge in [-0.15, -0.1) is 0 Å². The maximum absolute atomic E-state index is 13.9. The number of rotatable bonds is 4. The van der Waals surface area contributed by atoms with Crippen LogP contribution < -0.4 is 15.4 Å². The van der Waals surface area contributed by atoms with Crippen molar-refractivity contribution in [3.05, 3.63) is 53.1 Å². The third-order valence-electron chi connectivity index (χ3n) is 5.93. The molecule has 166 valence electrons. The highest BCUT2D eigenvalue weighted by Crippen LogP contribution is 2.35. The number of sulfonamides is 1. The molecule has 6 nitrogen and oxygen atoms in total. The molecule has 0 spiro atoms. The molecule has 1 aliphatic heterocycles. The van der Waals surface area contributed by atoms with Crippen LogP contribution in [0.15, 0.2) is 41.3 Å². The van der Waals surface area contributed by atoms with Crippen molar-refractivity contribution < 1.29 is 22.0 Å². The molecule has 0 unspecified atom stereocenters. The summed E-state index contributed by atoms with van der Waals surface area (Å²) in [7, 11) is -3.90. The first-order chi connectivity index (χ1) is 14.6. The number of benzene rings is 2. The van der Waals surface area contributed by atoms with E-state index in [0.717, 1.165) is 30.4 Å². The Labute approximate surface area is 180 Å². The van der Waals surface area contributed by atoms with Crippen LogP contribution in [0.5, 0.6) is 0 Å². The van der Waals surface area contributed by atoms with Crippen LogP contribution in [0.25, 0.3) is 0 Å². The van der Waals surface area contributed by atoms with Gasteiger partial charge in [0.25, 0.3) is 5.91 Å². The Morgan fingerprint density at radius 3 is 2.52 bits per heavy atom. The van der Waals surface area contributed by atoms with Gasteiger partial charge in [0.2, 0.25) is 15.9 Å². The van der Waals surface area contributed by atoms with Gasteiger partial charge in [0.15, 0.2) is 0 Å². The largest absolute Gasteiger partial charge is 0.371 e. The average molecular weight is 450 g/mol. The highest BCUT2D eigenvalue weighted by Gasteiger charge is 2.33. The molecule has 1 aliphatic carbocycles. The zero-order chi connectivity index (χ0) is 22.2. The molecule has 0 atom stereocenters. The van der Waals surface area contributed by atoms with E-state index in [-0.39, 0.29) is 24.3 Å². The van der Waals surface area contributed by atoms with Crippen LogP contribution in [0.2, 0.25) is 0 Å². The molecule has 2 aromatic rings. The van der Waals surface area contributed by atoms with Gasteiger partial charge in [-0.3, -0.25) is 4.79 Å². The van der Waals surface area contributed by atoms with Gasteiger partial charge >= 0.3 is 0 Å². The summed E-state index contributed by atoms with van der Waals surface area (Å²) in [5, 5.41) is 7.92. The second kappa shape index (κ2) is 8.20. The normalized spacial score (nSPS) is 18.4. The van der Waals surface area contributed by atoms with Crippen molar-refractivity contribution in [2.24, 2.45) is 5.14 Å². The molecular weight excluding hydrogens is 424 g/mol. The minimum absolute atomic E-state index is 0.103. The van der Waals surface area contributed by atoms with E-state index in [9.17, 15) is 22.0 Å². The molecule has 0 saturated carbocycles. The van der Waals surface area contributed by atoms with E-state index in [2.05, 4.69) is 5.32 Å². The Morgan fingerprint density at radius 2 is 1.77 bits per heavy atom. The van der Waals surface area contributed by atoms with E-state index in [1.54, 1.807) is 6.07 Å². The predicted octanol–water partition coefficient (Wildman–Crippen LogP) is 3.70. The maximum atomic E-state index is 13.9. The molecule has 1 saturated heterocycles. The van der Waals surface area contributed by atoms with Crippen molar-refractivity contribution in [1.82, 2.24) is 0 Å². The SMILES string of the molecule is NS(=O)(=O)c1cccc(NC(=O)c2cc3c(cc2N2CCCC(F)(F)CC2)CCC3)c1. The Balaban J connectivity index is 1.67. The maximum Gasteiger partial charge on any atom is 0.257 e. The summed E-state index contributed by atoms with van der Waals surface area (Å²) in [5.74, 6) is -3.10. The number of anilines is 2. The number of primary sulfonamides is 1. The lowest BCUT2D eigenvalue weighted by Gasteiger charge is -2.26. The molecule has 9 heteroatoms. The first-order valence-electron chi connectivity index (χ1n) is 10.4. The van der Waals surface area contributed by atoms with E-state index in [0.29, 0.717) is 29.9 Å². The van der Waals surface area contributed by atoms with Gasteiger partial charge in [-0.2, -0.15) is 0 Å². The van der Waals surface area contributed by atoms with Gasteiger partial charge in [0, 0.05) is 37.3 Å². The summed E-state index contributed by atoms with van der Waals surface area (Å²) in [4.78, 5) is 15.0. The van der Waals surface area contributed by atoms with Crippen LogP contribution in [0, 0.1) is 0 Å². The number of carbonyl (C=O) groups is 1. The summed E-state index contributed by atoms with van der Waals surface area (Å²) in [6.45, 7) is 0.628. The highest BCUT2D eigenvalue weighted by molar-refractivity contribution is 7.89. The van der Waals surface area contributed by atoms with Gasteiger partial charge in [0.05, 0.1) is 10.5 Å². The van der Waals surface area contributed by atoms with Crippen LogP contribution >= 0.6 is 0 Å². The molecule has 4 rings (SSSR count). The second-order valence-corrected chi connectivity index (χ2v) is 9.78. The summed E-state index contributed by atoms with van der Waals surface area (Å²) in [6, 6.07) is 9.53. The fourth-order valence-corrected chi connectivity index (χ4v) is 4.87. The molecule has 0 radical (unpaired) electrons. The minimum atomic E-state index is -3.90. The number of hydrogen-bond donors (Lipinski definition) is 2. The topological polar surface area (TPSA) is 92.5 Å². The van der Waals surface area contributed by atoms with E-state index in [1.165, 1.54) is 18.2 Å². The number of nitrogens with zero attached hydrogens (tertiary/aromatic N) is 1. The number of nitrogens with one attached hydrogen (secondary N) is 1. The van der Waals surface area contributed by atoms with E-state index in [4.69, 9.17) is 5.14 Å². The number of fused-ring (bicyclic) bond motifs is 1. The molecule has 0 bridgehead atoms.